The van der Waals surface area contributed by atoms with Crippen LogP contribution in [0.25, 0.3) is 0 Å². The number of hydrogen-bond acceptors (Lipinski definition) is 11. The summed E-state index contributed by atoms with van der Waals surface area (Å²) in [6.45, 7) is 7.92. The summed E-state index contributed by atoms with van der Waals surface area (Å²) in [5.74, 6) is -4.29. The Labute approximate surface area is 234 Å². The molecule has 1 aromatic rings. The quantitative estimate of drug-likeness (QED) is 0.0843. The number of imide groups is 1. The lowest BCUT2D eigenvalue weighted by atomic mass is 9.95. The van der Waals surface area contributed by atoms with E-state index in [1.807, 2.05) is 0 Å². The van der Waals surface area contributed by atoms with Crippen molar-refractivity contribution in [3.63, 3.8) is 0 Å². The number of carbonyl (C=O) groups excluding carboxylic acids is 5. The highest BCUT2D eigenvalue weighted by Gasteiger charge is 2.43. The van der Waals surface area contributed by atoms with Crippen LogP contribution in [0.15, 0.2) is 24.3 Å². The molecule has 3 amide bonds. The maximum Gasteiger partial charge on any atom is 0.329 e. The van der Waals surface area contributed by atoms with Crippen LogP contribution in [-0.2, 0) is 35.1 Å². The van der Waals surface area contributed by atoms with Gasteiger partial charge in [-0.1, -0.05) is 39.8 Å². The fourth-order valence-electron chi connectivity index (χ4n) is 3.94. The zero-order chi connectivity index (χ0) is 30.7. The first-order valence-electron chi connectivity index (χ1n) is 13.2. The van der Waals surface area contributed by atoms with Gasteiger partial charge < -0.3 is 42.9 Å². The molecule has 0 aliphatic rings. The summed E-state index contributed by atoms with van der Waals surface area (Å²) in [6, 6.07) is 1.07. The molecule has 0 heterocycles. The van der Waals surface area contributed by atoms with E-state index < -0.39 is 66.0 Å². The number of hydrogen-bond donors (Lipinski definition) is 6. The Kier molecular flexibility index (Phi) is 13.9. The highest BCUT2D eigenvalue weighted by Crippen LogP contribution is 2.20. The third-order valence-corrected chi connectivity index (χ3v) is 6.28. The van der Waals surface area contributed by atoms with Gasteiger partial charge in [0.2, 0.25) is 17.7 Å². The van der Waals surface area contributed by atoms with Crippen LogP contribution in [0.4, 0.5) is 5.69 Å². The van der Waals surface area contributed by atoms with E-state index in [9.17, 15) is 29.1 Å². The number of aliphatic hydroxyl groups is 1. The lowest BCUT2D eigenvalue weighted by Crippen LogP contribution is -2.62. The van der Waals surface area contributed by atoms with Crippen LogP contribution in [0.5, 0.6) is 0 Å². The van der Waals surface area contributed by atoms with Crippen molar-refractivity contribution < 1.29 is 33.8 Å². The summed E-state index contributed by atoms with van der Waals surface area (Å²) in [5.41, 5.74) is 25.1. The highest BCUT2D eigenvalue weighted by molar-refractivity contribution is 6.03. The predicted molar refractivity (Wildman–Crippen MR) is 149 cm³/mol. The molecule has 1 aromatic carbocycles. The summed E-state index contributed by atoms with van der Waals surface area (Å²) >= 11 is 0. The van der Waals surface area contributed by atoms with Gasteiger partial charge in [0.15, 0.2) is 0 Å². The van der Waals surface area contributed by atoms with Crippen LogP contribution in [0, 0.1) is 11.8 Å². The predicted octanol–water partition coefficient (Wildman–Crippen LogP) is -1.17. The molecule has 0 saturated heterocycles. The number of esters is 1. The maximum absolute atomic E-state index is 13.7. The van der Waals surface area contributed by atoms with E-state index in [4.69, 9.17) is 27.7 Å². The second-order valence-corrected chi connectivity index (χ2v) is 10.6. The number of aliphatic hydroxyl groups excluding tert-OH is 1. The second-order valence-electron chi connectivity index (χ2n) is 10.6. The summed E-state index contributed by atoms with van der Waals surface area (Å²) in [6.07, 6.45) is -2.06. The number of amides is 3. The Bertz CT molecular complexity index is 1030. The van der Waals surface area contributed by atoms with Crippen LogP contribution in [0.2, 0.25) is 0 Å². The highest BCUT2D eigenvalue weighted by atomic mass is 16.5. The van der Waals surface area contributed by atoms with E-state index in [1.54, 1.807) is 52.0 Å². The standard InChI is InChI=1S/C27H44N6O7/c1-14(2)11-20(27(39)40-16(5)21(30)24(36)32-9-10-34)33(26(38)22(31)23(35)15(3)4)25(37)19(29)13-17-7-6-8-18(28)12-17/h6-8,10,12,14-16,19-23,35H,9,11,13,28-31H2,1-5H3,(H,32,36)/t16-,19+,20+,21+,22+,23-/m1/s1. The van der Waals surface area contributed by atoms with Gasteiger partial charge in [0.1, 0.15) is 30.5 Å². The van der Waals surface area contributed by atoms with Crippen molar-refractivity contribution in [2.24, 2.45) is 29.0 Å². The number of carbonyl (C=O) groups is 5. The minimum atomic E-state index is -1.54. The van der Waals surface area contributed by atoms with Crippen LogP contribution >= 0.6 is 0 Å². The number of nitrogens with one attached hydrogen (secondary N) is 1. The Morgan fingerprint density at radius 1 is 1.02 bits per heavy atom. The smallest absolute Gasteiger partial charge is 0.329 e. The molecule has 40 heavy (non-hydrogen) atoms. The molecular weight excluding hydrogens is 520 g/mol. The molecule has 13 heteroatoms. The molecule has 0 saturated carbocycles. The largest absolute Gasteiger partial charge is 0.459 e. The first kappa shape index (κ1) is 34.6. The van der Waals surface area contributed by atoms with E-state index in [2.05, 4.69) is 5.32 Å². The molecule has 10 N–H and O–H groups in total. The van der Waals surface area contributed by atoms with Gasteiger partial charge in [-0.3, -0.25) is 19.3 Å². The first-order valence-corrected chi connectivity index (χ1v) is 13.2. The molecule has 1 rings (SSSR count). The van der Waals surface area contributed by atoms with Gasteiger partial charge >= 0.3 is 5.97 Å². The molecule has 0 aliphatic carbocycles. The van der Waals surface area contributed by atoms with Crippen LogP contribution in [0.3, 0.4) is 0 Å². The lowest BCUT2D eigenvalue weighted by Gasteiger charge is -2.35. The van der Waals surface area contributed by atoms with Gasteiger partial charge in [-0.05, 0) is 49.3 Å². The number of nitrogen functional groups attached to an aromatic ring is 1. The van der Waals surface area contributed by atoms with Gasteiger partial charge in [-0.15, -0.1) is 0 Å². The Morgan fingerprint density at radius 2 is 1.65 bits per heavy atom. The van der Waals surface area contributed by atoms with Crippen molar-refractivity contribution in [2.75, 3.05) is 12.3 Å². The van der Waals surface area contributed by atoms with Crippen LogP contribution in [0.1, 0.15) is 46.6 Å². The van der Waals surface area contributed by atoms with Crippen molar-refractivity contribution in [2.45, 2.75) is 83.8 Å². The van der Waals surface area contributed by atoms with Crippen LogP contribution < -0.4 is 28.3 Å². The number of benzene rings is 1. The van der Waals surface area contributed by atoms with Gasteiger partial charge in [0, 0.05) is 5.69 Å². The third-order valence-electron chi connectivity index (χ3n) is 6.28. The van der Waals surface area contributed by atoms with Gasteiger partial charge in [-0.25, -0.2) is 4.79 Å². The Balaban J connectivity index is 3.43. The fraction of sp³-hybridized carbons (Fsp3) is 0.593. The van der Waals surface area contributed by atoms with Crippen molar-refractivity contribution in [3.05, 3.63) is 29.8 Å². The number of anilines is 1. The Morgan fingerprint density at radius 3 is 2.17 bits per heavy atom. The van der Waals surface area contributed by atoms with E-state index in [-0.39, 0.29) is 25.3 Å². The second kappa shape index (κ2) is 16.0. The zero-order valence-electron chi connectivity index (χ0n) is 23.8. The van der Waals surface area contributed by atoms with Gasteiger partial charge in [0.25, 0.3) is 0 Å². The minimum Gasteiger partial charge on any atom is -0.459 e. The molecule has 0 spiro atoms. The molecule has 0 aromatic heterocycles. The van der Waals surface area contributed by atoms with E-state index in [0.29, 0.717) is 22.4 Å². The fourth-order valence-corrected chi connectivity index (χ4v) is 3.94. The normalized spacial score (nSPS) is 15.9. The monoisotopic (exact) mass is 564 g/mol. The number of nitrogens with zero attached hydrogens (tertiary/aromatic N) is 1. The van der Waals surface area contributed by atoms with Crippen LogP contribution in [-0.4, -0.2) is 82.9 Å². The molecule has 0 bridgehead atoms. The van der Waals surface area contributed by atoms with Gasteiger partial charge in [-0.2, -0.15) is 0 Å². The summed E-state index contributed by atoms with van der Waals surface area (Å²) in [7, 11) is 0. The number of aldehydes is 1. The molecule has 0 aliphatic heterocycles. The first-order chi connectivity index (χ1) is 18.6. The zero-order valence-corrected chi connectivity index (χ0v) is 23.8. The molecule has 224 valence electrons. The molecule has 6 atom stereocenters. The van der Waals surface area contributed by atoms with E-state index in [1.165, 1.54) is 6.92 Å². The average Bonchev–Trinajstić information content (AvgIpc) is 2.89. The molecule has 0 unspecified atom stereocenters. The third kappa shape index (κ3) is 9.97. The van der Waals surface area contributed by atoms with E-state index in [0.717, 1.165) is 0 Å². The van der Waals surface area contributed by atoms with Crippen molar-refractivity contribution in [1.29, 1.82) is 0 Å². The van der Waals surface area contributed by atoms with E-state index >= 15 is 0 Å². The molecule has 0 radical (unpaired) electrons. The SMILES string of the molecule is CC(C)C[C@@H](C(=O)O[C@H](C)[C@H](N)C(=O)NCC=O)N(C(=O)[C@@H](N)[C@H](O)C(C)C)C(=O)[C@@H](N)Cc1cccc(N)c1. The summed E-state index contributed by atoms with van der Waals surface area (Å²) in [5, 5.41) is 12.8. The number of nitrogens with two attached hydrogens (primary N) is 4. The minimum absolute atomic E-state index is 0.00273. The number of ether oxygens (including phenoxy) is 1. The van der Waals surface area contributed by atoms with Gasteiger partial charge in [0.05, 0.1) is 18.7 Å². The number of rotatable bonds is 15. The topological polar surface area (TPSA) is 234 Å². The summed E-state index contributed by atoms with van der Waals surface area (Å²) in [4.78, 5) is 64.2. The maximum atomic E-state index is 13.7. The lowest BCUT2D eigenvalue weighted by molar-refractivity contribution is -0.167. The van der Waals surface area contributed by atoms with Crippen molar-refractivity contribution in [3.8, 4) is 0 Å². The average molecular weight is 565 g/mol. The Hall–Kier alpha value is -3.39. The molecule has 13 nitrogen and oxygen atoms in total. The van der Waals surface area contributed by atoms with Crippen molar-refractivity contribution >= 4 is 35.7 Å². The summed E-state index contributed by atoms with van der Waals surface area (Å²) < 4.78 is 5.44. The van der Waals surface area contributed by atoms with Crippen molar-refractivity contribution in [1.82, 2.24) is 10.2 Å². The molecular formula is C27H44N6O7. The molecule has 0 fully saturated rings.